The number of methoxy groups -OCH3 is 1. The van der Waals surface area contributed by atoms with Crippen LogP contribution < -0.4 is 10.1 Å². The van der Waals surface area contributed by atoms with Crippen LogP contribution in [0.1, 0.15) is 30.9 Å². The quantitative estimate of drug-likeness (QED) is 0.916. The van der Waals surface area contributed by atoms with Crippen molar-refractivity contribution in [2.45, 2.75) is 25.3 Å². The largest absolute Gasteiger partial charge is 0.497 e. The summed E-state index contributed by atoms with van der Waals surface area (Å²) >= 11 is 0. The Morgan fingerprint density at radius 1 is 1.18 bits per heavy atom. The Kier molecular flexibility index (Phi) is 6.01. The van der Waals surface area contributed by atoms with Gasteiger partial charge in [0, 0.05) is 49.9 Å². The molecule has 1 heterocycles. The van der Waals surface area contributed by atoms with Crippen LogP contribution >= 0.6 is 12.4 Å². The first-order valence-electron chi connectivity index (χ1n) is 7.68. The zero-order valence-corrected chi connectivity index (χ0v) is 13.6. The van der Waals surface area contributed by atoms with Gasteiger partial charge in [0.15, 0.2) is 0 Å². The summed E-state index contributed by atoms with van der Waals surface area (Å²) in [7, 11) is 1.42. The van der Waals surface area contributed by atoms with Crippen LogP contribution in [0.3, 0.4) is 0 Å². The second kappa shape index (κ2) is 7.57. The molecule has 0 radical (unpaired) electrons. The number of piperazine rings is 1. The van der Waals surface area contributed by atoms with Gasteiger partial charge in [-0.2, -0.15) is 0 Å². The summed E-state index contributed by atoms with van der Waals surface area (Å²) < 4.78 is 33.9. The molecule has 2 aliphatic rings. The topological polar surface area (TPSA) is 24.5 Å². The third-order valence-corrected chi connectivity index (χ3v) is 4.73. The molecule has 1 aliphatic carbocycles. The van der Waals surface area contributed by atoms with Gasteiger partial charge in [0.2, 0.25) is 0 Å². The molecule has 2 fully saturated rings. The van der Waals surface area contributed by atoms with Gasteiger partial charge in [0.05, 0.1) is 7.11 Å². The Balaban J connectivity index is 0.00000176. The average molecular weight is 333 g/mol. The lowest BCUT2D eigenvalue weighted by atomic mass is 9.76. The minimum atomic E-state index is -0.484. The molecule has 0 unspecified atom stereocenters. The van der Waals surface area contributed by atoms with Crippen LogP contribution in [0.5, 0.6) is 5.75 Å². The lowest BCUT2D eigenvalue weighted by Crippen LogP contribution is -2.48. The van der Waals surface area contributed by atoms with Gasteiger partial charge < -0.3 is 10.1 Å². The fourth-order valence-corrected chi connectivity index (χ4v) is 3.39. The molecule has 3 nitrogen and oxygen atoms in total. The van der Waals surface area contributed by atoms with Crippen LogP contribution in [0.4, 0.5) is 8.78 Å². The van der Waals surface area contributed by atoms with E-state index in [0.717, 1.165) is 45.4 Å². The Bertz CT molecular complexity index is 482. The van der Waals surface area contributed by atoms with Crippen molar-refractivity contribution in [3.8, 4) is 5.75 Å². The maximum Gasteiger partial charge on any atom is 0.134 e. The van der Waals surface area contributed by atoms with Crippen LogP contribution in [0.25, 0.3) is 0 Å². The van der Waals surface area contributed by atoms with Gasteiger partial charge in [-0.15, -0.1) is 12.4 Å². The van der Waals surface area contributed by atoms with Gasteiger partial charge in [-0.1, -0.05) is 6.42 Å². The molecule has 0 aromatic heterocycles. The molecule has 3 rings (SSSR count). The number of benzene rings is 1. The van der Waals surface area contributed by atoms with Crippen molar-refractivity contribution in [2.75, 3.05) is 33.3 Å². The second-order valence-electron chi connectivity index (χ2n) is 5.93. The highest BCUT2D eigenvalue weighted by atomic mass is 35.5. The molecule has 22 heavy (non-hydrogen) atoms. The summed E-state index contributed by atoms with van der Waals surface area (Å²) in [4.78, 5) is 2.23. The lowest BCUT2D eigenvalue weighted by Gasteiger charge is -2.43. The Hall–Kier alpha value is -0.910. The standard InChI is InChI=1S/C16H22F2N2O.ClH/c1-21-12-9-13(17)15(14(18)10-12)16(11-3-2-4-11)20-7-5-19-6-8-20;/h9-11,16,19H,2-8H2,1H3;1H/t16-;/m1./s1. The van der Waals surface area contributed by atoms with Crippen LogP contribution in [-0.4, -0.2) is 38.2 Å². The van der Waals surface area contributed by atoms with Crippen molar-refractivity contribution in [3.05, 3.63) is 29.3 Å². The monoisotopic (exact) mass is 332 g/mol. The molecule has 1 aromatic carbocycles. The molecular formula is C16H23ClF2N2O. The van der Waals surface area contributed by atoms with E-state index in [1.54, 1.807) is 0 Å². The molecule has 1 saturated heterocycles. The maximum atomic E-state index is 14.5. The van der Waals surface area contributed by atoms with Gasteiger partial charge in [0.25, 0.3) is 0 Å². The zero-order chi connectivity index (χ0) is 14.8. The number of hydrogen-bond donors (Lipinski definition) is 1. The molecule has 0 amide bonds. The highest BCUT2D eigenvalue weighted by molar-refractivity contribution is 5.85. The first kappa shape index (κ1) is 17.4. The van der Waals surface area contributed by atoms with Crippen molar-refractivity contribution in [3.63, 3.8) is 0 Å². The zero-order valence-electron chi connectivity index (χ0n) is 12.8. The maximum absolute atomic E-state index is 14.5. The van der Waals surface area contributed by atoms with Crippen molar-refractivity contribution < 1.29 is 13.5 Å². The minimum Gasteiger partial charge on any atom is -0.497 e. The Morgan fingerprint density at radius 2 is 1.77 bits per heavy atom. The Morgan fingerprint density at radius 3 is 2.23 bits per heavy atom. The van der Waals surface area contributed by atoms with E-state index < -0.39 is 11.6 Å². The number of nitrogens with one attached hydrogen (secondary N) is 1. The van der Waals surface area contributed by atoms with Gasteiger partial charge in [-0.25, -0.2) is 8.78 Å². The molecule has 1 saturated carbocycles. The number of ether oxygens (including phenoxy) is 1. The molecule has 124 valence electrons. The number of halogens is 3. The molecule has 1 aromatic rings. The smallest absolute Gasteiger partial charge is 0.134 e. The SMILES string of the molecule is COc1cc(F)c([C@@H](C2CCC2)N2CCNCC2)c(F)c1.Cl. The number of rotatable bonds is 4. The summed E-state index contributed by atoms with van der Waals surface area (Å²) in [6.45, 7) is 3.43. The summed E-state index contributed by atoms with van der Waals surface area (Å²) in [5.74, 6) is -0.369. The van der Waals surface area contributed by atoms with Crippen LogP contribution in [0, 0.1) is 17.6 Å². The van der Waals surface area contributed by atoms with Gasteiger partial charge in [0.1, 0.15) is 17.4 Å². The first-order valence-corrected chi connectivity index (χ1v) is 7.68. The van der Waals surface area contributed by atoms with E-state index >= 15 is 0 Å². The van der Waals surface area contributed by atoms with Crippen LogP contribution in [-0.2, 0) is 0 Å². The molecule has 1 aliphatic heterocycles. The van der Waals surface area contributed by atoms with E-state index in [1.807, 2.05) is 0 Å². The Labute approximate surface area is 136 Å². The summed E-state index contributed by atoms with van der Waals surface area (Å²) in [6, 6.07) is 2.45. The third-order valence-electron chi connectivity index (χ3n) is 4.73. The van der Waals surface area contributed by atoms with E-state index in [1.165, 1.54) is 19.2 Å². The van der Waals surface area contributed by atoms with Crippen LogP contribution in [0.2, 0.25) is 0 Å². The molecular weight excluding hydrogens is 310 g/mol. The van der Waals surface area contributed by atoms with Crippen molar-refractivity contribution in [1.29, 1.82) is 0 Å². The van der Waals surface area contributed by atoms with Crippen molar-refractivity contribution >= 4 is 12.4 Å². The van der Waals surface area contributed by atoms with E-state index in [9.17, 15) is 8.78 Å². The van der Waals surface area contributed by atoms with Gasteiger partial charge in [-0.3, -0.25) is 4.90 Å². The predicted octanol–water partition coefficient (Wildman–Crippen LogP) is 3.14. The third kappa shape index (κ3) is 3.36. The summed E-state index contributed by atoms with van der Waals surface area (Å²) in [5, 5.41) is 3.29. The highest BCUT2D eigenvalue weighted by Gasteiger charge is 2.37. The molecule has 0 spiro atoms. The molecule has 6 heteroatoms. The van der Waals surface area contributed by atoms with E-state index in [4.69, 9.17) is 4.74 Å². The second-order valence-corrected chi connectivity index (χ2v) is 5.93. The fourth-order valence-electron chi connectivity index (χ4n) is 3.39. The fraction of sp³-hybridized carbons (Fsp3) is 0.625. The van der Waals surface area contributed by atoms with Crippen molar-refractivity contribution in [2.24, 2.45) is 5.92 Å². The van der Waals surface area contributed by atoms with Gasteiger partial charge in [-0.05, 0) is 18.8 Å². The van der Waals surface area contributed by atoms with Gasteiger partial charge >= 0.3 is 0 Å². The van der Waals surface area contributed by atoms with Crippen LogP contribution in [0.15, 0.2) is 12.1 Å². The highest BCUT2D eigenvalue weighted by Crippen LogP contribution is 2.43. The average Bonchev–Trinajstić information content (AvgIpc) is 2.44. The lowest BCUT2D eigenvalue weighted by molar-refractivity contribution is 0.0783. The molecule has 1 N–H and O–H groups in total. The normalized spacial score (nSPS) is 20.9. The minimum absolute atomic E-state index is 0. The number of hydrogen-bond acceptors (Lipinski definition) is 3. The summed E-state index contributed by atoms with van der Waals surface area (Å²) in [6.07, 6.45) is 3.27. The van der Waals surface area contributed by atoms with E-state index in [2.05, 4.69) is 10.2 Å². The van der Waals surface area contributed by atoms with E-state index in [0.29, 0.717) is 5.92 Å². The molecule has 1 atom stereocenters. The van der Waals surface area contributed by atoms with Crippen molar-refractivity contribution in [1.82, 2.24) is 10.2 Å². The first-order chi connectivity index (χ1) is 10.2. The predicted molar refractivity (Wildman–Crippen MR) is 84.7 cm³/mol. The number of nitrogens with zero attached hydrogens (tertiary/aromatic N) is 1. The molecule has 0 bridgehead atoms. The van der Waals surface area contributed by atoms with E-state index in [-0.39, 0.29) is 29.8 Å². The summed E-state index contributed by atoms with van der Waals surface area (Å²) in [5.41, 5.74) is 0.224.